The van der Waals surface area contributed by atoms with Crippen molar-refractivity contribution in [3.63, 3.8) is 0 Å². The second-order valence-corrected chi connectivity index (χ2v) is 5.82. The second kappa shape index (κ2) is 5.16. The predicted molar refractivity (Wildman–Crippen MR) is 60.8 cm³/mol. The Labute approximate surface area is 82.5 Å². The maximum Gasteiger partial charge on any atom is 0.00211 e. The van der Waals surface area contributed by atoms with Gasteiger partial charge in [-0.1, -0.05) is 41.0 Å². The summed E-state index contributed by atoms with van der Waals surface area (Å²) in [5.74, 6) is 0.840. The van der Waals surface area contributed by atoms with Crippen LogP contribution in [-0.4, -0.2) is 11.5 Å². The van der Waals surface area contributed by atoms with Gasteiger partial charge in [0.25, 0.3) is 0 Å². The molecule has 0 rings (SSSR count). The van der Waals surface area contributed by atoms with Gasteiger partial charge in [0.1, 0.15) is 0 Å². The van der Waals surface area contributed by atoms with Gasteiger partial charge in [-0.15, -0.1) is 0 Å². The molecule has 0 amide bonds. The van der Waals surface area contributed by atoms with Crippen LogP contribution in [0.2, 0.25) is 0 Å². The Bertz CT molecular complexity index is 118. The topological polar surface area (TPSA) is 0 Å². The van der Waals surface area contributed by atoms with Crippen LogP contribution in [0.4, 0.5) is 0 Å². The van der Waals surface area contributed by atoms with E-state index in [-0.39, 0.29) is 0 Å². The Morgan fingerprint density at radius 1 is 1.25 bits per heavy atom. The highest BCUT2D eigenvalue weighted by atomic mass is 32.2. The lowest BCUT2D eigenvalue weighted by atomic mass is 9.75. The van der Waals surface area contributed by atoms with Crippen LogP contribution in [-0.2, 0) is 0 Å². The molecule has 1 heteroatoms. The van der Waals surface area contributed by atoms with Gasteiger partial charge in [-0.25, -0.2) is 0 Å². The Hall–Kier alpha value is 0.350. The minimum Gasteiger partial charge on any atom is -0.162 e. The Balaban J connectivity index is 4.02. The molecular formula is C11H24S. The Kier molecular flexibility index (Phi) is 5.31. The zero-order valence-electron chi connectivity index (χ0n) is 9.48. The first-order valence-corrected chi connectivity index (χ1v) is 6.25. The first-order chi connectivity index (χ1) is 5.44. The van der Waals surface area contributed by atoms with E-state index in [0.29, 0.717) is 5.41 Å². The fourth-order valence-corrected chi connectivity index (χ4v) is 2.17. The molecule has 0 fully saturated rings. The highest BCUT2D eigenvalue weighted by molar-refractivity contribution is 7.99. The molecule has 0 heterocycles. The van der Waals surface area contributed by atoms with Gasteiger partial charge in [-0.3, -0.25) is 0 Å². The lowest BCUT2D eigenvalue weighted by Crippen LogP contribution is -2.24. The molecule has 0 aliphatic heterocycles. The van der Waals surface area contributed by atoms with Crippen LogP contribution in [0.25, 0.3) is 0 Å². The van der Waals surface area contributed by atoms with E-state index in [2.05, 4.69) is 40.9 Å². The summed E-state index contributed by atoms with van der Waals surface area (Å²) in [4.78, 5) is 0. The molecular weight excluding hydrogens is 164 g/mol. The van der Waals surface area contributed by atoms with Crippen molar-refractivity contribution in [3.8, 4) is 0 Å². The monoisotopic (exact) mass is 188 g/mol. The summed E-state index contributed by atoms with van der Waals surface area (Å²) < 4.78 is 0. The van der Waals surface area contributed by atoms with Gasteiger partial charge < -0.3 is 0 Å². The summed E-state index contributed by atoms with van der Waals surface area (Å²) in [5, 5.41) is 0.800. The van der Waals surface area contributed by atoms with Crippen molar-refractivity contribution in [2.75, 3.05) is 6.26 Å². The van der Waals surface area contributed by atoms with E-state index >= 15 is 0 Å². The van der Waals surface area contributed by atoms with Crippen LogP contribution in [0.15, 0.2) is 0 Å². The van der Waals surface area contributed by atoms with Crippen molar-refractivity contribution in [2.45, 2.75) is 52.7 Å². The average molecular weight is 188 g/mol. The minimum atomic E-state index is 0.511. The molecule has 0 saturated heterocycles. The summed E-state index contributed by atoms with van der Waals surface area (Å²) in [6.45, 7) is 11.8. The van der Waals surface area contributed by atoms with Gasteiger partial charge in [0, 0.05) is 5.25 Å². The van der Waals surface area contributed by atoms with Crippen molar-refractivity contribution in [3.05, 3.63) is 0 Å². The van der Waals surface area contributed by atoms with Crippen molar-refractivity contribution in [1.29, 1.82) is 0 Å². The lowest BCUT2D eigenvalue weighted by molar-refractivity contribution is 0.207. The summed E-state index contributed by atoms with van der Waals surface area (Å²) in [6.07, 6.45) is 4.84. The van der Waals surface area contributed by atoms with Crippen molar-refractivity contribution >= 4 is 11.8 Å². The molecule has 0 bridgehead atoms. The normalized spacial score (nSPS) is 17.5. The molecule has 0 saturated carbocycles. The molecule has 0 radical (unpaired) electrons. The first kappa shape index (κ1) is 12.3. The van der Waals surface area contributed by atoms with Gasteiger partial charge in [-0.2, -0.15) is 11.8 Å². The number of thioether (sulfide) groups is 1. The zero-order valence-corrected chi connectivity index (χ0v) is 10.3. The smallest absolute Gasteiger partial charge is 0.00211 e. The van der Waals surface area contributed by atoms with E-state index in [1.165, 1.54) is 12.8 Å². The molecule has 12 heavy (non-hydrogen) atoms. The minimum absolute atomic E-state index is 0.511. The molecule has 0 aromatic rings. The number of hydrogen-bond donors (Lipinski definition) is 0. The van der Waals surface area contributed by atoms with Gasteiger partial charge in [0.05, 0.1) is 0 Å². The molecule has 0 aromatic carbocycles. The second-order valence-electron chi connectivity index (χ2n) is 4.55. The van der Waals surface area contributed by atoms with E-state index in [9.17, 15) is 0 Å². The van der Waals surface area contributed by atoms with Crippen LogP contribution in [0.1, 0.15) is 47.5 Å². The van der Waals surface area contributed by atoms with Crippen LogP contribution >= 0.6 is 11.8 Å². The third-order valence-electron chi connectivity index (χ3n) is 3.16. The average Bonchev–Trinajstić information content (AvgIpc) is 2.02. The molecule has 2 unspecified atom stereocenters. The Morgan fingerprint density at radius 2 is 1.75 bits per heavy atom. The molecule has 0 aliphatic carbocycles. The third kappa shape index (κ3) is 3.84. The first-order valence-electron chi connectivity index (χ1n) is 4.96. The van der Waals surface area contributed by atoms with Crippen molar-refractivity contribution in [1.82, 2.24) is 0 Å². The Morgan fingerprint density at radius 3 is 2.08 bits per heavy atom. The van der Waals surface area contributed by atoms with Gasteiger partial charge in [-0.05, 0) is 24.0 Å². The van der Waals surface area contributed by atoms with Crippen LogP contribution < -0.4 is 0 Å². The highest BCUT2D eigenvalue weighted by Crippen LogP contribution is 2.36. The molecule has 0 aliphatic rings. The van der Waals surface area contributed by atoms with Crippen LogP contribution in [0, 0.1) is 11.3 Å². The maximum absolute atomic E-state index is 2.40. The molecule has 2 atom stereocenters. The molecule has 0 spiro atoms. The van der Waals surface area contributed by atoms with E-state index in [1.807, 2.05) is 11.8 Å². The van der Waals surface area contributed by atoms with Crippen molar-refractivity contribution in [2.24, 2.45) is 11.3 Å². The molecule has 0 aromatic heterocycles. The SMILES string of the molecule is CCC(C)C(C)(C)CC(C)SC. The van der Waals surface area contributed by atoms with Gasteiger partial charge >= 0.3 is 0 Å². The zero-order chi connectivity index (χ0) is 9.78. The standard InChI is InChI=1S/C11H24S/c1-7-9(2)11(4,5)8-10(3)12-6/h9-10H,7-8H2,1-6H3. The summed E-state index contributed by atoms with van der Waals surface area (Å²) in [5.41, 5.74) is 0.511. The highest BCUT2D eigenvalue weighted by Gasteiger charge is 2.26. The van der Waals surface area contributed by atoms with Crippen molar-refractivity contribution < 1.29 is 0 Å². The molecule has 0 N–H and O–H groups in total. The van der Waals surface area contributed by atoms with Crippen LogP contribution in [0.5, 0.6) is 0 Å². The summed E-state index contributed by atoms with van der Waals surface area (Å²) in [6, 6.07) is 0. The maximum atomic E-state index is 2.40. The largest absolute Gasteiger partial charge is 0.162 e. The lowest BCUT2D eigenvalue weighted by Gasteiger charge is -2.33. The summed E-state index contributed by atoms with van der Waals surface area (Å²) in [7, 11) is 0. The fraction of sp³-hybridized carbons (Fsp3) is 1.00. The van der Waals surface area contributed by atoms with Crippen LogP contribution in [0.3, 0.4) is 0 Å². The van der Waals surface area contributed by atoms with E-state index in [0.717, 1.165) is 11.2 Å². The van der Waals surface area contributed by atoms with Gasteiger partial charge in [0.15, 0.2) is 0 Å². The summed E-state index contributed by atoms with van der Waals surface area (Å²) >= 11 is 1.98. The predicted octanol–water partition coefficient (Wildman–Crippen LogP) is 4.20. The van der Waals surface area contributed by atoms with E-state index in [4.69, 9.17) is 0 Å². The third-order valence-corrected chi connectivity index (χ3v) is 4.13. The fourth-order valence-electron chi connectivity index (χ4n) is 1.58. The molecule has 0 nitrogen and oxygen atoms in total. The van der Waals surface area contributed by atoms with E-state index in [1.54, 1.807) is 0 Å². The van der Waals surface area contributed by atoms with Gasteiger partial charge in [0.2, 0.25) is 0 Å². The number of rotatable bonds is 5. The van der Waals surface area contributed by atoms with E-state index < -0.39 is 0 Å². The number of hydrogen-bond acceptors (Lipinski definition) is 1. The quantitative estimate of drug-likeness (QED) is 0.623. The molecule has 74 valence electrons.